The summed E-state index contributed by atoms with van der Waals surface area (Å²) in [4.78, 5) is 11.7. The highest BCUT2D eigenvalue weighted by molar-refractivity contribution is 5.82. The largest absolute Gasteiger partial charge is 0.380 e. The molecule has 0 aromatic carbocycles. The highest BCUT2D eigenvalue weighted by atomic mass is 16.5. The second kappa shape index (κ2) is 5.35. The number of amides is 1. The molecule has 1 heterocycles. The van der Waals surface area contributed by atoms with E-state index in [1.54, 1.807) is 0 Å². The van der Waals surface area contributed by atoms with E-state index in [1.165, 1.54) is 12.8 Å². The Morgan fingerprint density at radius 3 is 2.86 bits per heavy atom. The molecule has 0 spiro atoms. The van der Waals surface area contributed by atoms with Gasteiger partial charge < -0.3 is 10.1 Å². The maximum absolute atomic E-state index is 11.7. The van der Waals surface area contributed by atoms with Gasteiger partial charge in [-0.15, -0.1) is 0 Å². The molecule has 0 aromatic rings. The summed E-state index contributed by atoms with van der Waals surface area (Å²) in [7, 11) is 0. The second-order valence-corrected chi connectivity index (χ2v) is 4.33. The lowest BCUT2D eigenvalue weighted by atomic mass is 9.89. The van der Waals surface area contributed by atoms with Crippen LogP contribution in [-0.2, 0) is 9.53 Å². The van der Waals surface area contributed by atoms with E-state index < -0.39 is 0 Å². The van der Waals surface area contributed by atoms with E-state index in [0.717, 1.165) is 26.0 Å². The fourth-order valence-electron chi connectivity index (χ4n) is 1.64. The monoisotopic (exact) mass is 199 g/mol. The average molecular weight is 199 g/mol. The van der Waals surface area contributed by atoms with E-state index in [2.05, 4.69) is 12.2 Å². The summed E-state index contributed by atoms with van der Waals surface area (Å²) >= 11 is 0. The number of hydrogen-bond acceptors (Lipinski definition) is 2. The molecule has 1 amide bonds. The molecule has 1 saturated heterocycles. The molecule has 0 radical (unpaired) electrons. The molecule has 0 aromatic heterocycles. The van der Waals surface area contributed by atoms with Crippen LogP contribution in [0.2, 0.25) is 0 Å². The molecular weight excluding hydrogens is 178 g/mol. The minimum absolute atomic E-state index is 0.158. The average Bonchev–Trinajstić information content (AvgIpc) is 2.61. The molecule has 1 N–H and O–H groups in total. The summed E-state index contributed by atoms with van der Waals surface area (Å²) < 4.78 is 5.25. The molecule has 1 aliphatic heterocycles. The number of nitrogens with one attached hydrogen (secondary N) is 1. The van der Waals surface area contributed by atoms with Crippen molar-refractivity contribution in [3.8, 4) is 0 Å². The third-order valence-corrected chi connectivity index (χ3v) is 2.83. The minimum Gasteiger partial charge on any atom is -0.380 e. The Morgan fingerprint density at radius 2 is 2.29 bits per heavy atom. The van der Waals surface area contributed by atoms with Crippen molar-refractivity contribution < 1.29 is 9.53 Å². The van der Waals surface area contributed by atoms with Gasteiger partial charge in [0, 0.05) is 13.2 Å². The quantitative estimate of drug-likeness (QED) is 0.685. The smallest absolute Gasteiger partial charge is 0.228 e. The first kappa shape index (κ1) is 11.5. The van der Waals surface area contributed by atoms with Crippen molar-refractivity contribution in [2.75, 3.05) is 19.8 Å². The fourth-order valence-corrected chi connectivity index (χ4v) is 1.64. The molecule has 1 atom stereocenters. The van der Waals surface area contributed by atoms with E-state index in [9.17, 15) is 4.79 Å². The number of carbonyl (C=O) groups is 1. The Hall–Kier alpha value is -0.570. The van der Waals surface area contributed by atoms with Crippen LogP contribution in [0.3, 0.4) is 0 Å². The molecule has 0 saturated carbocycles. The standard InChI is InChI=1S/C11H21NO2/c1-3-4-5-7-12-10(13)11(2)6-8-14-9-11/h3-9H2,1-2H3,(H,12,13). The zero-order chi connectivity index (χ0) is 10.4. The van der Waals surface area contributed by atoms with Gasteiger partial charge in [-0.25, -0.2) is 0 Å². The van der Waals surface area contributed by atoms with Crippen molar-refractivity contribution in [2.24, 2.45) is 5.41 Å². The van der Waals surface area contributed by atoms with E-state index in [1.807, 2.05) is 6.92 Å². The molecule has 1 aliphatic rings. The van der Waals surface area contributed by atoms with Gasteiger partial charge in [0.1, 0.15) is 0 Å². The summed E-state index contributed by atoms with van der Waals surface area (Å²) in [6, 6.07) is 0. The first-order chi connectivity index (χ1) is 6.69. The molecular formula is C11H21NO2. The van der Waals surface area contributed by atoms with Crippen molar-refractivity contribution in [3.63, 3.8) is 0 Å². The van der Waals surface area contributed by atoms with E-state index in [-0.39, 0.29) is 11.3 Å². The van der Waals surface area contributed by atoms with Gasteiger partial charge in [-0.05, 0) is 19.8 Å². The van der Waals surface area contributed by atoms with Gasteiger partial charge >= 0.3 is 0 Å². The van der Waals surface area contributed by atoms with Crippen LogP contribution in [0.4, 0.5) is 0 Å². The van der Waals surface area contributed by atoms with Crippen molar-refractivity contribution >= 4 is 5.91 Å². The highest BCUT2D eigenvalue weighted by Crippen LogP contribution is 2.27. The summed E-state index contributed by atoms with van der Waals surface area (Å²) in [6.45, 7) is 6.25. The molecule has 0 bridgehead atoms. The maximum Gasteiger partial charge on any atom is 0.228 e. The topological polar surface area (TPSA) is 38.3 Å². The van der Waals surface area contributed by atoms with E-state index in [4.69, 9.17) is 4.74 Å². The summed E-state index contributed by atoms with van der Waals surface area (Å²) in [6.07, 6.45) is 4.32. The third kappa shape index (κ3) is 2.98. The Morgan fingerprint density at radius 1 is 1.50 bits per heavy atom. The zero-order valence-corrected chi connectivity index (χ0v) is 9.27. The molecule has 1 unspecified atom stereocenters. The summed E-state index contributed by atoms with van der Waals surface area (Å²) in [5.41, 5.74) is -0.272. The lowest BCUT2D eigenvalue weighted by Crippen LogP contribution is -2.39. The Labute approximate surface area is 86.2 Å². The van der Waals surface area contributed by atoms with Gasteiger partial charge in [-0.2, -0.15) is 0 Å². The van der Waals surface area contributed by atoms with Crippen molar-refractivity contribution in [1.82, 2.24) is 5.32 Å². The second-order valence-electron chi connectivity index (χ2n) is 4.33. The van der Waals surface area contributed by atoms with Crippen molar-refractivity contribution in [1.29, 1.82) is 0 Å². The predicted molar refractivity (Wildman–Crippen MR) is 56.1 cm³/mol. The zero-order valence-electron chi connectivity index (χ0n) is 9.27. The first-order valence-corrected chi connectivity index (χ1v) is 5.55. The van der Waals surface area contributed by atoms with Crippen molar-refractivity contribution in [2.45, 2.75) is 39.5 Å². The van der Waals surface area contributed by atoms with Crippen LogP contribution in [0.1, 0.15) is 39.5 Å². The van der Waals surface area contributed by atoms with Gasteiger partial charge in [0.15, 0.2) is 0 Å². The highest BCUT2D eigenvalue weighted by Gasteiger charge is 2.36. The Kier molecular flexibility index (Phi) is 4.39. The normalized spacial score (nSPS) is 26.4. The number of hydrogen-bond donors (Lipinski definition) is 1. The SMILES string of the molecule is CCCCCNC(=O)C1(C)CCOC1. The predicted octanol–water partition coefficient (Wildman–Crippen LogP) is 1.72. The van der Waals surface area contributed by atoms with Crippen LogP contribution in [0, 0.1) is 5.41 Å². The molecule has 0 aliphatic carbocycles. The van der Waals surface area contributed by atoms with Crippen LogP contribution in [0.15, 0.2) is 0 Å². The molecule has 1 fully saturated rings. The van der Waals surface area contributed by atoms with Crippen LogP contribution < -0.4 is 5.32 Å². The number of carbonyl (C=O) groups excluding carboxylic acids is 1. The summed E-state index contributed by atoms with van der Waals surface area (Å²) in [5.74, 6) is 0.158. The van der Waals surface area contributed by atoms with E-state index >= 15 is 0 Å². The molecule has 82 valence electrons. The van der Waals surface area contributed by atoms with Crippen LogP contribution >= 0.6 is 0 Å². The lowest BCUT2D eigenvalue weighted by Gasteiger charge is -2.20. The van der Waals surface area contributed by atoms with E-state index in [0.29, 0.717) is 6.61 Å². The number of rotatable bonds is 5. The molecule has 14 heavy (non-hydrogen) atoms. The van der Waals surface area contributed by atoms with Crippen LogP contribution in [-0.4, -0.2) is 25.7 Å². The van der Waals surface area contributed by atoms with Crippen LogP contribution in [0.25, 0.3) is 0 Å². The Balaban J connectivity index is 2.20. The Bertz CT molecular complexity index is 186. The van der Waals surface area contributed by atoms with Gasteiger partial charge in [0.2, 0.25) is 5.91 Å². The maximum atomic E-state index is 11.7. The number of ether oxygens (including phenoxy) is 1. The third-order valence-electron chi connectivity index (χ3n) is 2.83. The van der Waals surface area contributed by atoms with Gasteiger partial charge in [0.25, 0.3) is 0 Å². The molecule has 3 nitrogen and oxygen atoms in total. The van der Waals surface area contributed by atoms with Crippen molar-refractivity contribution in [3.05, 3.63) is 0 Å². The minimum atomic E-state index is -0.272. The number of unbranched alkanes of at least 4 members (excludes halogenated alkanes) is 2. The van der Waals surface area contributed by atoms with Gasteiger partial charge in [-0.3, -0.25) is 4.79 Å². The summed E-state index contributed by atoms with van der Waals surface area (Å²) in [5, 5.41) is 2.98. The molecule has 1 rings (SSSR count). The van der Waals surface area contributed by atoms with Crippen LogP contribution in [0.5, 0.6) is 0 Å². The lowest BCUT2D eigenvalue weighted by molar-refractivity contribution is -0.130. The van der Waals surface area contributed by atoms with Gasteiger partial charge in [-0.1, -0.05) is 19.8 Å². The fraction of sp³-hybridized carbons (Fsp3) is 0.909. The molecule has 3 heteroatoms. The first-order valence-electron chi connectivity index (χ1n) is 5.55. The van der Waals surface area contributed by atoms with Gasteiger partial charge in [0.05, 0.1) is 12.0 Å².